The van der Waals surface area contributed by atoms with Crippen LogP contribution in [-0.2, 0) is 19.1 Å². The summed E-state index contributed by atoms with van der Waals surface area (Å²) in [4.78, 5) is 38.2. The summed E-state index contributed by atoms with van der Waals surface area (Å²) in [6.45, 7) is 1.26. The van der Waals surface area contributed by atoms with E-state index < -0.39 is 23.7 Å². The average Bonchev–Trinajstić information content (AvgIpc) is 2.41. The number of hydrogen-bond acceptors (Lipinski definition) is 5. The van der Waals surface area contributed by atoms with Crippen LogP contribution in [0.4, 0.5) is 0 Å². The zero-order chi connectivity index (χ0) is 15.1. The highest BCUT2D eigenvalue weighted by Crippen LogP contribution is 2.22. The van der Waals surface area contributed by atoms with Crippen molar-refractivity contribution in [2.75, 3.05) is 7.11 Å². The highest BCUT2D eigenvalue weighted by molar-refractivity contribution is 9.10. The van der Waals surface area contributed by atoms with Crippen LogP contribution in [0, 0.1) is 0 Å². The third-order valence-corrected chi connectivity index (χ3v) is 2.84. The van der Waals surface area contributed by atoms with Gasteiger partial charge in [0.1, 0.15) is 0 Å². The van der Waals surface area contributed by atoms with Gasteiger partial charge in [-0.25, -0.2) is 0 Å². The lowest BCUT2D eigenvalue weighted by Gasteiger charge is -2.16. The first-order chi connectivity index (χ1) is 9.43. The van der Waals surface area contributed by atoms with Crippen LogP contribution in [0.25, 0.3) is 0 Å². The second kappa shape index (κ2) is 7.59. The first kappa shape index (κ1) is 16.1. The number of carbonyl (C=O) groups excluding carboxylic acids is 3. The molecule has 1 atom stereocenters. The topological polar surface area (TPSA) is 97.4 Å². The quantitative estimate of drug-likeness (QED) is 0.618. The molecule has 0 aliphatic carbocycles. The Morgan fingerprint density at radius 2 is 2.05 bits per heavy atom. The largest absolute Gasteiger partial charge is 0.469 e. The fraction of sp³-hybridized carbons (Fsp3) is 0.333. The average molecular weight is 344 g/mol. The van der Waals surface area contributed by atoms with Crippen LogP contribution in [0.15, 0.2) is 22.9 Å². The smallest absolute Gasteiger partial charge is 0.306 e. The molecule has 0 aliphatic heterocycles. The van der Waals surface area contributed by atoms with Crippen molar-refractivity contribution in [1.29, 1.82) is 0 Å². The van der Waals surface area contributed by atoms with Gasteiger partial charge < -0.3 is 4.74 Å². The van der Waals surface area contributed by atoms with Crippen molar-refractivity contribution in [3.63, 3.8) is 0 Å². The van der Waals surface area contributed by atoms with Gasteiger partial charge in [0, 0.05) is 23.8 Å². The van der Waals surface area contributed by atoms with Crippen LogP contribution in [0.1, 0.15) is 24.8 Å². The fourth-order valence-corrected chi connectivity index (χ4v) is 1.85. The number of methoxy groups -OCH3 is 1. The van der Waals surface area contributed by atoms with Crippen LogP contribution in [0.3, 0.4) is 0 Å². The third kappa shape index (κ3) is 4.96. The number of esters is 1. The second-order valence-electron chi connectivity index (χ2n) is 3.94. The minimum atomic E-state index is -0.806. The van der Waals surface area contributed by atoms with Gasteiger partial charge in [0.15, 0.2) is 0 Å². The molecule has 0 saturated carbocycles. The predicted octanol–water partition coefficient (Wildman–Crippen LogP) is 0.658. The van der Waals surface area contributed by atoms with Gasteiger partial charge in [-0.15, -0.1) is 0 Å². The Labute approximate surface area is 124 Å². The lowest BCUT2D eigenvalue weighted by Crippen LogP contribution is -2.43. The van der Waals surface area contributed by atoms with E-state index in [1.165, 1.54) is 20.2 Å². The number of nitrogens with zero attached hydrogens (tertiary/aromatic N) is 1. The summed E-state index contributed by atoms with van der Waals surface area (Å²) in [6.07, 6.45) is 2.89. The molecule has 0 fully saturated rings. The maximum Gasteiger partial charge on any atom is 0.306 e. The molecule has 2 amide bonds. The number of ether oxygens (including phenoxy) is 1. The minimum Gasteiger partial charge on any atom is -0.469 e. The number of halogens is 1. The van der Waals surface area contributed by atoms with Crippen LogP contribution < -0.4 is 10.9 Å². The number of hydrazine groups is 1. The van der Waals surface area contributed by atoms with Gasteiger partial charge in [0.05, 0.1) is 19.4 Å². The van der Waals surface area contributed by atoms with Crippen molar-refractivity contribution < 1.29 is 19.1 Å². The standard InChI is InChI=1S/C12H14BrN3O4/c1-7(17)15-16-12(19)10(4-11(18)20-2)8-3-9(13)6-14-5-8/h3,5-6,10H,4H2,1-2H3,(H,15,17)(H,16,19). The van der Waals surface area contributed by atoms with Gasteiger partial charge >= 0.3 is 5.97 Å². The lowest BCUT2D eigenvalue weighted by molar-refractivity contribution is -0.143. The molecule has 108 valence electrons. The molecule has 20 heavy (non-hydrogen) atoms. The van der Waals surface area contributed by atoms with E-state index in [1.54, 1.807) is 12.3 Å². The number of hydrogen-bond donors (Lipinski definition) is 2. The van der Waals surface area contributed by atoms with Crippen LogP contribution in [0.5, 0.6) is 0 Å². The number of amides is 2. The minimum absolute atomic E-state index is 0.153. The highest BCUT2D eigenvalue weighted by atomic mass is 79.9. The number of nitrogens with one attached hydrogen (secondary N) is 2. The molecule has 0 aliphatic rings. The molecule has 1 aromatic rings. The van der Waals surface area contributed by atoms with Gasteiger partial charge in [-0.3, -0.25) is 30.2 Å². The molecule has 1 unspecified atom stereocenters. The summed E-state index contributed by atoms with van der Waals surface area (Å²) in [5.74, 6) is -2.28. The van der Waals surface area contributed by atoms with Crippen molar-refractivity contribution in [2.24, 2.45) is 0 Å². The summed E-state index contributed by atoms with van der Waals surface area (Å²) in [5.41, 5.74) is 4.95. The van der Waals surface area contributed by atoms with Crippen molar-refractivity contribution in [2.45, 2.75) is 19.3 Å². The SMILES string of the molecule is COC(=O)CC(C(=O)NNC(C)=O)c1cncc(Br)c1. The molecule has 0 radical (unpaired) electrons. The van der Waals surface area contributed by atoms with E-state index in [0.717, 1.165) is 0 Å². The van der Waals surface area contributed by atoms with Crippen LogP contribution >= 0.6 is 15.9 Å². The molecular formula is C12H14BrN3O4. The maximum absolute atomic E-state index is 12.0. The number of rotatable bonds is 4. The molecule has 7 nitrogen and oxygen atoms in total. The second-order valence-corrected chi connectivity index (χ2v) is 4.86. The third-order valence-electron chi connectivity index (χ3n) is 2.41. The summed E-state index contributed by atoms with van der Waals surface area (Å²) in [6, 6.07) is 1.67. The molecule has 0 bridgehead atoms. The first-order valence-corrected chi connectivity index (χ1v) is 6.47. The van der Waals surface area contributed by atoms with Gasteiger partial charge in [-0.1, -0.05) is 0 Å². The molecule has 0 aromatic carbocycles. The van der Waals surface area contributed by atoms with Gasteiger partial charge in [-0.2, -0.15) is 0 Å². The van der Waals surface area contributed by atoms with Crippen molar-refractivity contribution in [3.8, 4) is 0 Å². The van der Waals surface area contributed by atoms with Gasteiger partial charge in [0.2, 0.25) is 11.8 Å². The number of aromatic nitrogens is 1. The Balaban J connectivity index is 2.92. The van der Waals surface area contributed by atoms with E-state index in [4.69, 9.17) is 0 Å². The summed E-state index contributed by atoms with van der Waals surface area (Å²) >= 11 is 3.24. The monoisotopic (exact) mass is 343 g/mol. The predicted molar refractivity (Wildman–Crippen MR) is 73.3 cm³/mol. The maximum atomic E-state index is 12.0. The highest BCUT2D eigenvalue weighted by Gasteiger charge is 2.25. The Morgan fingerprint density at radius 1 is 1.35 bits per heavy atom. The van der Waals surface area contributed by atoms with E-state index in [-0.39, 0.29) is 6.42 Å². The van der Waals surface area contributed by atoms with E-state index >= 15 is 0 Å². The normalized spacial score (nSPS) is 11.3. The molecular weight excluding hydrogens is 330 g/mol. The van der Waals surface area contributed by atoms with Crippen LogP contribution in [-0.4, -0.2) is 29.9 Å². The summed E-state index contributed by atoms with van der Waals surface area (Å²) in [7, 11) is 1.24. The van der Waals surface area contributed by atoms with Crippen molar-refractivity contribution in [1.82, 2.24) is 15.8 Å². The summed E-state index contributed by atoms with van der Waals surface area (Å²) in [5, 5.41) is 0. The van der Waals surface area contributed by atoms with Crippen molar-refractivity contribution in [3.05, 3.63) is 28.5 Å². The Bertz CT molecular complexity index is 521. The van der Waals surface area contributed by atoms with Gasteiger partial charge in [-0.05, 0) is 27.6 Å². The van der Waals surface area contributed by atoms with Crippen LogP contribution in [0.2, 0.25) is 0 Å². The Morgan fingerprint density at radius 3 is 2.60 bits per heavy atom. The van der Waals surface area contributed by atoms with E-state index in [9.17, 15) is 14.4 Å². The first-order valence-electron chi connectivity index (χ1n) is 5.67. The Hall–Kier alpha value is -1.96. The number of pyridine rings is 1. The zero-order valence-electron chi connectivity index (χ0n) is 11.0. The molecule has 1 heterocycles. The Kier molecular flexibility index (Phi) is 6.10. The lowest BCUT2D eigenvalue weighted by atomic mass is 9.96. The van der Waals surface area contributed by atoms with Crippen molar-refractivity contribution >= 4 is 33.7 Å². The molecule has 2 N–H and O–H groups in total. The molecule has 0 saturated heterocycles. The van der Waals surface area contributed by atoms with E-state index in [0.29, 0.717) is 10.0 Å². The summed E-state index contributed by atoms with van der Waals surface area (Å²) < 4.78 is 5.25. The molecule has 0 spiro atoms. The fourth-order valence-electron chi connectivity index (χ4n) is 1.47. The zero-order valence-corrected chi connectivity index (χ0v) is 12.6. The van der Waals surface area contributed by atoms with E-state index in [2.05, 4.69) is 36.5 Å². The van der Waals surface area contributed by atoms with E-state index in [1.807, 2.05) is 0 Å². The molecule has 1 rings (SSSR count). The molecule has 8 heteroatoms. The molecule has 1 aromatic heterocycles. The number of carbonyl (C=O) groups is 3. The van der Waals surface area contributed by atoms with Gasteiger partial charge in [0.25, 0.3) is 0 Å².